The summed E-state index contributed by atoms with van der Waals surface area (Å²) in [5, 5.41) is 10.5. The van der Waals surface area contributed by atoms with Gasteiger partial charge in [0.25, 0.3) is 0 Å². The molecule has 0 atom stereocenters. The molecule has 5 heteroatoms. The van der Waals surface area contributed by atoms with Crippen LogP contribution in [0.4, 0.5) is 0 Å². The van der Waals surface area contributed by atoms with E-state index in [0.29, 0.717) is 0 Å². The molecule has 16 heavy (non-hydrogen) atoms. The van der Waals surface area contributed by atoms with Crippen LogP contribution in [0.15, 0.2) is 24.3 Å². The number of benzene rings is 1. The molecule has 0 bridgehead atoms. The van der Waals surface area contributed by atoms with E-state index in [1.54, 1.807) is 12.1 Å². The normalized spacial score (nSPS) is 9.19. The van der Waals surface area contributed by atoms with Crippen molar-refractivity contribution in [3.8, 4) is 0 Å². The first kappa shape index (κ1) is 21.5. The molecule has 1 aromatic carbocycles. The predicted octanol–water partition coefficient (Wildman–Crippen LogP) is -3.39. The van der Waals surface area contributed by atoms with Crippen LogP contribution < -0.4 is 34.7 Å². The van der Waals surface area contributed by atoms with Crippen molar-refractivity contribution >= 4 is 23.3 Å². The van der Waals surface area contributed by atoms with Gasteiger partial charge in [-0.1, -0.05) is 45.0 Å². The second-order valence-electron chi connectivity index (χ2n) is 4.11. The standard InChI is InChI=1S/C11H14O2.Al.Na.H2O.2H/c1-11(2,3)9-6-4-8(5-7-9)10(12)13;;;;;/h4-7H,1-3H3,(H,12,13);;;1H2;;/q;;+1;;;/p-1. The van der Waals surface area contributed by atoms with Crippen molar-refractivity contribution in [2.75, 3.05) is 0 Å². The Kier molecular flexibility index (Phi) is 11.1. The largest absolute Gasteiger partial charge is 1.00 e. The third kappa shape index (κ3) is 6.05. The Bertz CT molecular complexity index is 317. The second-order valence-corrected chi connectivity index (χ2v) is 4.11. The summed E-state index contributed by atoms with van der Waals surface area (Å²) in [5.41, 5.74) is 1.41. The molecule has 0 aliphatic rings. The van der Waals surface area contributed by atoms with Crippen LogP contribution >= 0.6 is 0 Å². The van der Waals surface area contributed by atoms with E-state index in [4.69, 9.17) is 0 Å². The van der Waals surface area contributed by atoms with Crippen molar-refractivity contribution in [1.82, 2.24) is 0 Å². The Morgan fingerprint density at radius 2 is 1.50 bits per heavy atom. The fourth-order valence-electron chi connectivity index (χ4n) is 1.11. The van der Waals surface area contributed by atoms with Crippen LogP contribution in [0.25, 0.3) is 0 Å². The van der Waals surface area contributed by atoms with E-state index in [-0.39, 0.29) is 63.4 Å². The molecule has 0 heterocycles. The first-order valence-electron chi connectivity index (χ1n) is 4.23. The number of carboxylic acids is 1. The summed E-state index contributed by atoms with van der Waals surface area (Å²) in [4.78, 5) is 10.5. The van der Waals surface area contributed by atoms with E-state index >= 15 is 0 Å². The third-order valence-electron chi connectivity index (χ3n) is 1.99. The molecule has 0 fully saturated rings. The van der Waals surface area contributed by atoms with Crippen LogP contribution in [0.5, 0.6) is 0 Å². The van der Waals surface area contributed by atoms with Crippen LogP contribution in [0.2, 0.25) is 0 Å². The maximum Gasteiger partial charge on any atom is 1.00 e. The van der Waals surface area contributed by atoms with Gasteiger partial charge < -0.3 is 15.4 Å². The molecule has 1 rings (SSSR count). The summed E-state index contributed by atoms with van der Waals surface area (Å²) in [6.45, 7) is 6.25. The molecular formula is C11H17AlNaO3. The molecule has 0 saturated carbocycles. The zero-order chi connectivity index (χ0) is 10.1. The number of carbonyl (C=O) groups is 1. The molecule has 0 amide bonds. The van der Waals surface area contributed by atoms with Crippen molar-refractivity contribution in [2.24, 2.45) is 0 Å². The van der Waals surface area contributed by atoms with Crippen LogP contribution in [0.1, 0.15) is 36.7 Å². The van der Waals surface area contributed by atoms with E-state index in [1.807, 2.05) is 12.1 Å². The monoisotopic (exact) mass is 247 g/mol. The van der Waals surface area contributed by atoms with Gasteiger partial charge in [0.2, 0.25) is 0 Å². The molecule has 1 aromatic rings. The fourth-order valence-corrected chi connectivity index (χ4v) is 1.11. The molecule has 2 N–H and O–H groups in total. The minimum absolute atomic E-state index is 0. The van der Waals surface area contributed by atoms with Crippen LogP contribution in [-0.2, 0) is 5.41 Å². The Hall–Kier alpha value is 0.182. The van der Waals surface area contributed by atoms with Gasteiger partial charge in [0.1, 0.15) is 17.4 Å². The van der Waals surface area contributed by atoms with E-state index in [9.17, 15) is 9.90 Å². The van der Waals surface area contributed by atoms with Gasteiger partial charge in [-0.05, 0) is 16.5 Å². The van der Waals surface area contributed by atoms with E-state index in [0.717, 1.165) is 5.56 Å². The first-order chi connectivity index (χ1) is 5.91. The number of carbonyl (C=O) groups excluding carboxylic acids is 1. The average Bonchev–Trinajstić information content (AvgIpc) is 2.03. The van der Waals surface area contributed by atoms with Gasteiger partial charge in [0.15, 0.2) is 0 Å². The number of carboxylic acid groups (broad SMARTS) is 1. The summed E-state index contributed by atoms with van der Waals surface area (Å²) < 4.78 is 0. The predicted molar refractivity (Wildman–Crippen MR) is 61.6 cm³/mol. The Morgan fingerprint density at radius 1 is 1.12 bits per heavy atom. The van der Waals surface area contributed by atoms with Crippen LogP contribution in [0.3, 0.4) is 0 Å². The number of hydrogen-bond donors (Lipinski definition) is 0. The summed E-state index contributed by atoms with van der Waals surface area (Å²) in [5.74, 6) is -1.12. The molecule has 1 radical (unpaired) electrons. The van der Waals surface area contributed by atoms with Crippen molar-refractivity contribution in [3.05, 3.63) is 35.4 Å². The van der Waals surface area contributed by atoms with E-state index in [2.05, 4.69) is 20.8 Å². The van der Waals surface area contributed by atoms with Crippen molar-refractivity contribution in [3.63, 3.8) is 0 Å². The van der Waals surface area contributed by atoms with Crippen molar-refractivity contribution in [1.29, 1.82) is 0 Å². The summed E-state index contributed by atoms with van der Waals surface area (Å²) >= 11 is 0. The molecule has 0 aliphatic heterocycles. The van der Waals surface area contributed by atoms with Gasteiger partial charge >= 0.3 is 29.6 Å². The molecule has 83 valence electrons. The SMILES string of the molecule is CC(C)(C)c1ccc(C(=O)[O-])cc1.O.[AlH2].[Na+]. The van der Waals surface area contributed by atoms with Gasteiger partial charge in [0, 0.05) is 0 Å². The third-order valence-corrected chi connectivity index (χ3v) is 1.99. The summed E-state index contributed by atoms with van der Waals surface area (Å²) in [6.07, 6.45) is 0. The van der Waals surface area contributed by atoms with Gasteiger partial charge in [-0.3, -0.25) is 0 Å². The van der Waals surface area contributed by atoms with Gasteiger partial charge in [0.05, 0.1) is 5.97 Å². The topological polar surface area (TPSA) is 71.6 Å². The van der Waals surface area contributed by atoms with E-state index in [1.165, 1.54) is 0 Å². The van der Waals surface area contributed by atoms with Crippen LogP contribution in [-0.4, -0.2) is 28.8 Å². The average molecular weight is 247 g/mol. The summed E-state index contributed by atoms with van der Waals surface area (Å²) in [7, 11) is 0. The zero-order valence-corrected chi connectivity index (χ0v) is 14.6. The molecule has 3 nitrogen and oxygen atoms in total. The van der Waals surface area contributed by atoms with Crippen molar-refractivity contribution in [2.45, 2.75) is 26.2 Å². The Balaban J connectivity index is -0.000000563. The van der Waals surface area contributed by atoms with Gasteiger partial charge in [-0.2, -0.15) is 0 Å². The zero-order valence-electron chi connectivity index (χ0n) is 10.6. The number of rotatable bonds is 1. The van der Waals surface area contributed by atoms with E-state index < -0.39 is 5.97 Å². The first-order valence-corrected chi connectivity index (χ1v) is 4.23. The maximum atomic E-state index is 10.5. The number of hydrogen-bond acceptors (Lipinski definition) is 2. The molecule has 0 aromatic heterocycles. The Labute approximate surface area is 129 Å². The molecule has 0 aliphatic carbocycles. The molecular weight excluding hydrogens is 230 g/mol. The fraction of sp³-hybridized carbons (Fsp3) is 0.364. The Morgan fingerprint density at radius 3 is 1.75 bits per heavy atom. The number of aromatic carboxylic acids is 1. The minimum Gasteiger partial charge on any atom is -0.545 e. The second kappa shape index (κ2) is 8.30. The maximum absolute atomic E-state index is 10.5. The summed E-state index contributed by atoms with van der Waals surface area (Å²) in [6, 6.07) is 6.81. The smallest absolute Gasteiger partial charge is 0.545 e. The van der Waals surface area contributed by atoms with Gasteiger partial charge in [-0.15, -0.1) is 0 Å². The molecule has 0 saturated heterocycles. The molecule has 0 unspecified atom stereocenters. The molecule has 0 spiro atoms. The van der Waals surface area contributed by atoms with Crippen molar-refractivity contribution < 1.29 is 44.9 Å². The minimum atomic E-state index is -1.12. The van der Waals surface area contributed by atoms with Gasteiger partial charge in [-0.25, -0.2) is 0 Å². The van der Waals surface area contributed by atoms with Crippen LogP contribution in [0, 0.1) is 0 Å². The quantitative estimate of drug-likeness (QED) is 0.486.